The maximum Gasteiger partial charge on any atom is 0.0299 e. The van der Waals surface area contributed by atoms with Gasteiger partial charge in [0.15, 0.2) is 0 Å². The number of halogens is 1. The first-order valence-electron chi connectivity index (χ1n) is 7.23. The Morgan fingerprint density at radius 3 is 2.71 bits per heavy atom. The molecule has 2 fully saturated rings. The largest absolute Gasteiger partial charge is 0.303 e. The van der Waals surface area contributed by atoms with Crippen molar-refractivity contribution in [1.82, 2.24) is 9.80 Å². The number of rotatable bonds is 3. The van der Waals surface area contributed by atoms with Gasteiger partial charge in [-0.1, -0.05) is 29.3 Å². The van der Waals surface area contributed by atoms with Crippen LogP contribution in [0.5, 0.6) is 0 Å². The second-order valence-corrected chi connectivity index (χ2v) is 7.18. The van der Waals surface area contributed by atoms with Crippen molar-refractivity contribution in [2.45, 2.75) is 49.9 Å². The lowest BCUT2D eigenvalue weighted by Gasteiger charge is -2.37. The molecular weight excluding hydrogens is 276 g/mol. The van der Waals surface area contributed by atoms with Crippen molar-refractivity contribution in [1.29, 1.82) is 0 Å². The molecular formula is C14H27BrN2. The highest BCUT2D eigenvalue weighted by Gasteiger charge is 2.25. The number of hydrogen-bond acceptors (Lipinski definition) is 2. The number of piperidine rings is 2. The first-order chi connectivity index (χ1) is 8.16. The number of likely N-dealkylation sites (tertiary alicyclic amines) is 2. The van der Waals surface area contributed by atoms with E-state index in [9.17, 15) is 0 Å². The Kier molecular flexibility index (Phi) is 5.31. The van der Waals surface area contributed by atoms with Crippen LogP contribution < -0.4 is 0 Å². The first-order valence-corrected chi connectivity index (χ1v) is 8.15. The second kappa shape index (κ2) is 6.53. The predicted octanol–water partition coefficient (Wildman–Crippen LogP) is 2.97. The molecule has 2 saturated heterocycles. The molecule has 0 spiro atoms. The fourth-order valence-electron chi connectivity index (χ4n) is 3.13. The minimum Gasteiger partial charge on any atom is -0.303 e. The van der Waals surface area contributed by atoms with E-state index in [1.807, 2.05) is 0 Å². The third-order valence-electron chi connectivity index (χ3n) is 4.65. The topological polar surface area (TPSA) is 6.48 Å². The van der Waals surface area contributed by atoms with E-state index in [4.69, 9.17) is 0 Å². The maximum absolute atomic E-state index is 3.82. The van der Waals surface area contributed by atoms with E-state index in [-0.39, 0.29) is 0 Å². The normalized spacial score (nSPS) is 37.2. The molecule has 2 heterocycles. The molecule has 3 heteroatoms. The lowest BCUT2D eigenvalue weighted by Crippen LogP contribution is -2.43. The third-order valence-corrected chi connectivity index (χ3v) is 5.84. The quantitative estimate of drug-likeness (QED) is 0.740. The van der Waals surface area contributed by atoms with E-state index in [1.54, 1.807) is 0 Å². The van der Waals surface area contributed by atoms with E-state index >= 15 is 0 Å². The SMILES string of the molecule is CC1CCN(CCC2CCCCN2C)CC1Br. The smallest absolute Gasteiger partial charge is 0.0299 e. The van der Waals surface area contributed by atoms with Crippen molar-refractivity contribution >= 4 is 15.9 Å². The van der Waals surface area contributed by atoms with E-state index in [2.05, 4.69) is 39.7 Å². The van der Waals surface area contributed by atoms with Gasteiger partial charge in [-0.2, -0.15) is 0 Å². The maximum atomic E-state index is 3.82. The summed E-state index contributed by atoms with van der Waals surface area (Å²) in [7, 11) is 2.30. The van der Waals surface area contributed by atoms with Gasteiger partial charge in [0.1, 0.15) is 0 Å². The summed E-state index contributed by atoms with van der Waals surface area (Å²) < 4.78 is 0. The van der Waals surface area contributed by atoms with Crippen molar-refractivity contribution in [3.05, 3.63) is 0 Å². The molecule has 2 nitrogen and oxygen atoms in total. The van der Waals surface area contributed by atoms with Crippen LogP contribution in [0.2, 0.25) is 0 Å². The van der Waals surface area contributed by atoms with Crippen molar-refractivity contribution in [2.75, 3.05) is 33.2 Å². The van der Waals surface area contributed by atoms with Crippen LogP contribution in [-0.2, 0) is 0 Å². The van der Waals surface area contributed by atoms with Crippen LogP contribution in [0.4, 0.5) is 0 Å². The summed E-state index contributed by atoms with van der Waals surface area (Å²) in [6.07, 6.45) is 6.98. The highest BCUT2D eigenvalue weighted by molar-refractivity contribution is 9.09. The van der Waals surface area contributed by atoms with Gasteiger partial charge in [0.05, 0.1) is 0 Å². The van der Waals surface area contributed by atoms with Gasteiger partial charge < -0.3 is 9.80 Å². The molecule has 0 radical (unpaired) electrons. The molecule has 0 saturated carbocycles. The van der Waals surface area contributed by atoms with Crippen LogP contribution >= 0.6 is 15.9 Å². The minimum atomic E-state index is 0.709. The predicted molar refractivity (Wildman–Crippen MR) is 77.8 cm³/mol. The zero-order valence-corrected chi connectivity index (χ0v) is 13.0. The molecule has 2 rings (SSSR count). The summed E-state index contributed by atoms with van der Waals surface area (Å²) in [4.78, 5) is 5.93. The molecule has 0 aromatic heterocycles. The molecule has 0 aromatic carbocycles. The van der Waals surface area contributed by atoms with Crippen molar-refractivity contribution in [3.63, 3.8) is 0 Å². The highest BCUT2D eigenvalue weighted by Crippen LogP contribution is 2.24. The zero-order chi connectivity index (χ0) is 12.3. The Bertz CT molecular complexity index is 234. The number of hydrogen-bond donors (Lipinski definition) is 0. The van der Waals surface area contributed by atoms with Gasteiger partial charge >= 0.3 is 0 Å². The molecule has 3 atom stereocenters. The Morgan fingerprint density at radius 2 is 2.00 bits per heavy atom. The Hall–Kier alpha value is 0.400. The van der Waals surface area contributed by atoms with Crippen molar-refractivity contribution in [3.8, 4) is 0 Å². The van der Waals surface area contributed by atoms with Crippen molar-refractivity contribution in [2.24, 2.45) is 5.92 Å². The van der Waals surface area contributed by atoms with E-state index in [0.29, 0.717) is 4.83 Å². The third kappa shape index (κ3) is 3.93. The number of alkyl halides is 1. The lowest BCUT2D eigenvalue weighted by molar-refractivity contribution is 0.139. The van der Waals surface area contributed by atoms with Gasteiger partial charge in [-0.15, -0.1) is 0 Å². The molecule has 0 amide bonds. The first kappa shape index (κ1) is 13.8. The zero-order valence-electron chi connectivity index (χ0n) is 11.4. The van der Waals surface area contributed by atoms with Gasteiger partial charge in [-0.05, 0) is 58.3 Å². The van der Waals surface area contributed by atoms with Gasteiger partial charge in [0.2, 0.25) is 0 Å². The fraction of sp³-hybridized carbons (Fsp3) is 1.00. The molecule has 0 aromatic rings. The summed E-state index contributed by atoms with van der Waals surface area (Å²) in [5, 5.41) is 0. The average molecular weight is 303 g/mol. The summed E-state index contributed by atoms with van der Waals surface area (Å²) in [5.41, 5.74) is 0. The molecule has 100 valence electrons. The van der Waals surface area contributed by atoms with Crippen LogP contribution in [0.1, 0.15) is 39.0 Å². The fourth-order valence-corrected chi connectivity index (χ4v) is 3.80. The standard InChI is InChI=1S/C14H27BrN2/c1-12-6-9-17(11-14(12)15)10-7-13-5-3-4-8-16(13)2/h12-14H,3-11H2,1-2H3. The van der Waals surface area contributed by atoms with E-state index in [1.165, 1.54) is 58.3 Å². The van der Waals surface area contributed by atoms with Crippen molar-refractivity contribution < 1.29 is 0 Å². The van der Waals surface area contributed by atoms with Gasteiger partial charge in [-0.25, -0.2) is 0 Å². The minimum absolute atomic E-state index is 0.709. The molecule has 0 bridgehead atoms. The summed E-state index contributed by atoms with van der Waals surface area (Å²) in [5.74, 6) is 0.851. The van der Waals surface area contributed by atoms with Crippen LogP contribution in [0.15, 0.2) is 0 Å². The number of nitrogens with zero attached hydrogens (tertiary/aromatic N) is 2. The molecule has 2 aliphatic rings. The summed E-state index contributed by atoms with van der Waals surface area (Å²) >= 11 is 3.82. The Balaban J connectivity index is 1.71. The van der Waals surface area contributed by atoms with Crippen LogP contribution in [0, 0.1) is 5.92 Å². The lowest BCUT2D eigenvalue weighted by atomic mass is 9.97. The van der Waals surface area contributed by atoms with Crippen LogP contribution in [-0.4, -0.2) is 53.9 Å². The second-order valence-electron chi connectivity index (χ2n) is 6.00. The van der Waals surface area contributed by atoms with E-state index < -0.39 is 0 Å². The monoisotopic (exact) mass is 302 g/mol. The van der Waals surface area contributed by atoms with Crippen LogP contribution in [0.25, 0.3) is 0 Å². The van der Waals surface area contributed by atoms with Crippen LogP contribution in [0.3, 0.4) is 0 Å². The average Bonchev–Trinajstić information content (AvgIpc) is 2.32. The molecule has 0 N–H and O–H groups in total. The molecule has 0 aliphatic carbocycles. The van der Waals surface area contributed by atoms with Gasteiger partial charge in [0.25, 0.3) is 0 Å². The Labute approximate surface area is 115 Å². The summed E-state index contributed by atoms with van der Waals surface area (Å²) in [6, 6.07) is 0.844. The summed E-state index contributed by atoms with van der Waals surface area (Å²) in [6.45, 7) is 7.52. The van der Waals surface area contributed by atoms with Gasteiger partial charge in [0, 0.05) is 17.4 Å². The highest BCUT2D eigenvalue weighted by atomic mass is 79.9. The molecule has 3 unspecified atom stereocenters. The molecule has 17 heavy (non-hydrogen) atoms. The van der Waals surface area contributed by atoms with Gasteiger partial charge in [-0.3, -0.25) is 0 Å². The Morgan fingerprint density at radius 1 is 1.18 bits per heavy atom. The van der Waals surface area contributed by atoms with E-state index in [0.717, 1.165) is 12.0 Å². The molecule has 2 aliphatic heterocycles.